The SMILES string of the molecule is CCC(C)(O)CNC1CCN(Cc2ccccc2)CC1. The zero-order chi connectivity index (χ0) is 14.4. The Bertz CT molecular complexity index is 383. The van der Waals surface area contributed by atoms with Crippen LogP contribution in [0.4, 0.5) is 0 Å². The van der Waals surface area contributed by atoms with E-state index in [1.165, 1.54) is 18.4 Å². The maximum absolute atomic E-state index is 10.0. The van der Waals surface area contributed by atoms with Gasteiger partial charge in [0.2, 0.25) is 0 Å². The van der Waals surface area contributed by atoms with Gasteiger partial charge in [-0.3, -0.25) is 4.90 Å². The van der Waals surface area contributed by atoms with Crippen molar-refractivity contribution in [2.75, 3.05) is 19.6 Å². The zero-order valence-corrected chi connectivity index (χ0v) is 12.8. The molecule has 1 fully saturated rings. The third-order valence-electron chi connectivity index (χ3n) is 4.37. The van der Waals surface area contributed by atoms with Crippen molar-refractivity contribution in [3.8, 4) is 0 Å². The summed E-state index contributed by atoms with van der Waals surface area (Å²) in [5.41, 5.74) is 0.828. The highest BCUT2D eigenvalue weighted by Crippen LogP contribution is 2.15. The number of benzene rings is 1. The van der Waals surface area contributed by atoms with Gasteiger partial charge in [0.1, 0.15) is 0 Å². The first kappa shape index (κ1) is 15.5. The van der Waals surface area contributed by atoms with Gasteiger partial charge in [-0.2, -0.15) is 0 Å². The highest BCUT2D eigenvalue weighted by Gasteiger charge is 2.22. The molecule has 1 aliphatic rings. The monoisotopic (exact) mass is 276 g/mol. The topological polar surface area (TPSA) is 35.5 Å². The van der Waals surface area contributed by atoms with Crippen molar-refractivity contribution in [2.45, 2.75) is 51.3 Å². The van der Waals surface area contributed by atoms with E-state index in [0.717, 1.165) is 26.1 Å². The summed E-state index contributed by atoms with van der Waals surface area (Å²) in [5.74, 6) is 0. The van der Waals surface area contributed by atoms with Crippen LogP contribution in [-0.4, -0.2) is 41.3 Å². The van der Waals surface area contributed by atoms with E-state index in [0.29, 0.717) is 12.6 Å². The van der Waals surface area contributed by atoms with Gasteiger partial charge in [-0.05, 0) is 44.8 Å². The van der Waals surface area contributed by atoms with E-state index < -0.39 is 5.60 Å². The number of hydrogen-bond acceptors (Lipinski definition) is 3. The molecule has 0 aromatic heterocycles. The van der Waals surface area contributed by atoms with Crippen molar-refractivity contribution in [3.63, 3.8) is 0 Å². The summed E-state index contributed by atoms with van der Waals surface area (Å²) < 4.78 is 0. The van der Waals surface area contributed by atoms with Crippen molar-refractivity contribution in [3.05, 3.63) is 35.9 Å². The van der Waals surface area contributed by atoms with Gasteiger partial charge in [-0.25, -0.2) is 0 Å². The Hall–Kier alpha value is -0.900. The highest BCUT2D eigenvalue weighted by atomic mass is 16.3. The molecule has 1 aromatic carbocycles. The smallest absolute Gasteiger partial charge is 0.0741 e. The summed E-state index contributed by atoms with van der Waals surface area (Å²) in [6, 6.07) is 11.2. The van der Waals surface area contributed by atoms with Crippen LogP contribution in [0.1, 0.15) is 38.7 Å². The van der Waals surface area contributed by atoms with Crippen LogP contribution >= 0.6 is 0 Å². The van der Waals surface area contributed by atoms with E-state index in [4.69, 9.17) is 0 Å². The summed E-state index contributed by atoms with van der Waals surface area (Å²) in [5, 5.41) is 13.5. The van der Waals surface area contributed by atoms with Gasteiger partial charge in [0.05, 0.1) is 5.60 Å². The fourth-order valence-corrected chi connectivity index (χ4v) is 2.63. The van der Waals surface area contributed by atoms with E-state index in [1.807, 2.05) is 13.8 Å². The molecule has 1 atom stereocenters. The number of piperidine rings is 1. The van der Waals surface area contributed by atoms with Crippen molar-refractivity contribution in [2.24, 2.45) is 0 Å². The van der Waals surface area contributed by atoms with Gasteiger partial charge in [0.15, 0.2) is 0 Å². The summed E-state index contributed by atoms with van der Waals surface area (Å²) in [4.78, 5) is 2.52. The molecule has 1 saturated heterocycles. The van der Waals surface area contributed by atoms with Crippen LogP contribution in [0.3, 0.4) is 0 Å². The second kappa shape index (κ2) is 7.21. The Morgan fingerprint density at radius 2 is 1.90 bits per heavy atom. The zero-order valence-electron chi connectivity index (χ0n) is 12.8. The molecule has 0 spiro atoms. The molecule has 1 unspecified atom stereocenters. The molecular formula is C17H28N2O. The van der Waals surface area contributed by atoms with Gasteiger partial charge in [-0.15, -0.1) is 0 Å². The summed E-state index contributed by atoms with van der Waals surface area (Å²) >= 11 is 0. The van der Waals surface area contributed by atoms with Crippen molar-refractivity contribution >= 4 is 0 Å². The molecule has 2 N–H and O–H groups in total. The number of nitrogens with zero attached hydrogens (tertiary/aromatic N) is 1. The van der Waals surface area contributed by atoms with Crippen LogP contribution < -0.4 is 5.32 Å². The summed E-state index contributed by atoms with van der Waals surface area (Å²) in [7, 11) is 0. The first-order valence-electron chi connectivity index (χ1n) is 7.81. The van der Waals surface area contributed by atoms with Crippen LogP contribution in [0.5, 0.6) is 0 Å². The molecule has 2 rings (SSSR count). The summed E-state index contributed by atoms with van der Waals surface area (Å²) in [6.07, 6.45) is 3.14. The van der Waals surface area contributed by atoms with E-state index in [-0.39, 0.29) is 0 Å². The molecule has 0 saturated carbocycles. The molecule has 0 aliphatic carbocycles. The fourth-order valence-electron chi connectivity index (χ4n) is 2.63. The number of rotatable bonds is 6. The lowest BCUT2D eigenvalue weighted by atomic mass is 10.0. The predicted octanol–water partition coefficient (Wildman–Crippen LogP) is 2.40. The highest BCUT2D eigenvalue weighted by molar-refractivity contribution is 5.14. The van der Waals surface area contributed by atoms with Gasteiger partial charge in [0, 0.05) is 19.1 Å². The summed E-state index contributed by atoms with van der Waals surface area (Å²) in [6.45, 7) is 7.98. The third kappa shape index (κ3) is 4.89. The molecule has 0 bridgehead atoms. The normalized spacial score (nSPS) is 20.8. The quantitative estimate of drug-likeness (QED) is 0.837. The Morgan fingerprint density at radius 3 is 2.50 bits per heavy atom. The molecule has 0 amide bonds. The fraction of sp³-hybridized carbons (Fsp3) is 0.647. The minimum absolute atomic E-state index is 0.556. The number of hydrogen-bond donors (Lipinski definition) is 2. The minimum Gasteiger partial charge on any atom is -0.389 e. The Labute approximate surface area is 123 Å². The number of nitrogens with one attached hydrogen (secondary N) is 1. The van der Waals surface area contributed by atoms with E-state index in [1.54, 1.807) is 0 Å². The third-order valence-corrected chi connectivity index (χ3v) is 4.37. The van der Waals surface area contributed by atoms with E-state index in [9.17, 15) is 5.11 Å². The van der Waals surface area contributed by atoms with Crippen LogP contribution in [0.25, 0.3) is 0 Å². The predicted molar refractivity (Wildman–Crippen MR) is 83.7 cm³/mol. The van der Waals surface area contributed by atoms with Crippen LogP contribution in [0.2, 0.25) is 0 Å². The Balaban J connectivity index is 1.70. The van der Waals surface area contributed by atoms with Gasteiger partial charge < -0.3 is 10.4 Å². The Morgan fingerprint density at radius 1 is 1.25 bits per heavy atom. The van der Waals surface area contributed by atoms with Crippen LogP contribution in [0, 0.1) is 0 Å². The van der Waals surface area contributed by atoms with Gasteiger partial charge in [-0.1, -0.05) is 37.3 Å². The van der Waals surface area contributed by atoms with Crippen molar-refractivity contribution < 1.29 is 5.11 Å². The lowest BCUT2D eigenvalue weighted by Gasteiger charge is -2.34. The largest absolute Gasteiger partial charge is 0.389 e. The second-order valence-electron chi connectivity index (χ2n) is 6.27. The first-order valence-corrected chi connectivity index (χ1v) is 7.81. The lowest BCUT2D eigenvalue weighted by Crippen LogP contribution is -2.47. The molecule has 3 heteroatoms. The second-order valence-corrected chi connectivity index (χ2v) is 6.27. The standard InChI is InChI=1S/C17H28N2O/c1-3-17(2,20)14-18-16-9-11-19(12-10-16)13-15-7-5-4-6-8-15/h4-8,16,18,20H,3,9-14H2,1-2H3. The maximum atomic E-state index is 10.0. The molecular weight excluding hydrogens is 248 g/mol. The van der Waals surface area contributed by atoms with Gasteiger partial charge in [0.25, 0.3) is 0 Å². The molecule has 112 valence electrons. The number of likely N-dealkylation sites (tertiary alicyclic amines) is 1. The maximum Gasteiger partial charge on any atom is 0.0741 e. The number of aliphatic hydroxyl groups is 1. The molecule has 0 radical (unpaired) electrons. The van der Waals surface area contributed by atoms with E-state index >= 15 is 0 Å². The first-order chi connectivity index (χ1) is 9.59. The van der Waals surface area contributed by atoms with Crippen molar-refractivity contribution in [1.29, 1.82) is 0 Å². The molecule has 1 aromatic rings. The molecule has 1 aliphatic heterocycles. The molecule has 1 heterocycles. The lowest BCUT2D eigenvalue weighted by molar-refractivity contribution is 0.0491. The average Bonchev–Trinajstić information content (AvgIpc) is 2.48. The van der Waals surface area contributed by atoms with E-state index in [2.05, 4.69) is 40.5 Å². The molecule has 3 nitrogen and oxygen atoms in total. The molecule has 20 heavy (non-hydrogen) atoms. The minimum atomic E-state index is -0.568. The van der Waals surface area contributed by atoms with Crippen molar-refractivity contribution in [1.82, 2.24) is 10.2 Å². The van der Waals surface area contributed by atoms with Crippen LogP contribution in [-0.2, 0) is 6.54 Å². The van der Waals surface area contributed by atoms with Crippen LogP contribution in [0.15, 0.2) is 30.3 Å². The Kier molecular flexibility index (Phi) is 5.58. The van der Waals surface area contributed by atoms with Gasteiger partial charge >= 0.3 is 0 Å². The average molecular weight is 276 g/mol.